The molecule has 1 saturated heterocycles. The van der Waals surface area contributed by atoms with Crippen molar-refractivity contribution in [2.75, 3.05) is 39.2 Å². The lowest BCUT2D eigenvalue weighted by molar-refractivity contribution is -0.141. The molecule has 3 aromatic rings. The second-order valence-electron chi connectivity index (χ2n) is 9.50. The Balaban J connectivity index is 1.36. The second kappa shape index (κ2) is 10.3. The third-order valence-corrected chi connectivity index (χ3v) is 8.15. The Morgan fingerprint density at radius 3 is 2.33 bits per heavy atom. The third kappa shape index (κ3) is 4.58. The summed E-state index contributed by atoms with van der Waals surface area (Å²) in [5.41, 5.74) is 3.41. The van der Waals surface area contributed by atoms with Gasteiger partial charge in [-0.25, -0.2) is 4.79 Å². The maximum Gasteiger partial charge on any atom is 0.417 e. The van der Waals surface area contributed by atoms with Crippen molar-refractivity contribution in [2.24, 2.45) is 11.8 Å². The van der Waals surface area contributed by atoms with Crippen molar-refractivity contribution >= 4 is 29.5 Å². The summed E-state index contributed by atoms with van der Waals surface area (Å²) >= 11 is 1.61. The summed E-state index contributed by atoms with van der Waals surface area (Å²) < 4.78 is 33.7. The lowest BCUT2D eigenvalue weighted by atomic mass is 9.67. The van der Waals surface area contributed by atoms with E-state index in [2.05, 4.69) is 5.32 Å². The molecule has 3 atom stereocenters. The average molecular weight is 550 g/mol. The lowest BCUT2D eigenvalue weighted by Gasteiger charge is -2.34. The van der Waals surface area contributed by atoms with Gasteiger partial charge in [0.25, 0.3) is 0 Å². The van der Waals surface area contributed by atoms with E-state index in [0.29, 0.717) is 41.7 Å². The number of esters is 1. The summed E-state index contributed by atoms with van der Waals surface area (Å²) in [7, 11) is 2.98. The first kappa shape index (κ1) is 25.2. The quantitative estimate of drug-likeness (QED) is 0.327. The molecule has 2 aliphatic heterocycles. The molecule has 10 heteroatoms. The number of thioether (sulfide) groups is 1. The topological polar surface area (TPSA) is 102 Å². The Kier molecular flexibility index (Phi) is 6.64. The van der Waals surface area contributed by atoms with Crippen LogP contribution in [0, 0.1) is 11.8 Å². The summed E-state index contributed by atoms with van der Waals surface area (Å²) in [5.74, 6) is 1.13. The number of cyclic esters (lactones) is 1. The Hall–Kier alpha value is -4.05. The molecule has 6 rings (SSSR count). The predicted molar refractivity (Wildman–Crippen MR) is 143 cm³/mol. The standard InChI is InChI=1S/C29H27NO8S/c1-33-23-10-16(11-24(34-2)27(23)38-29(32)30-18-4-6-19(39-3)7-5-18)25-20-12-22-21(36-14-37-22)9-15(20)8-17-13-35-28(31)26(17)25/h4-7,9-12,17,25-26H,8,13-14H2,1-3H3,(H,30,32)/t17-,25+,26-/m0/s1. The molecule has 0 spiro atoms. The predicted octanol–water partition coefficient (Wildman–Crippen LogP) is 5.24. The van der Waals surface area contributed by atoms with Crippen LogP contribution in [-0.2, 0) is 16.0 Å². The van der Waals surface area contributed by atoms with Crippen molar-refractivity contribution in [1.82, 2.24) is 0 Å². The number of carbonyl (C=O) groups is 2. The van der Waals surface area contributed by atoms with Crippen molar-refractivity contribution in [2.45, 2.75) is 17.2 Å². The van der Waals surface area contributed by atoms with Crippen molar-refractivity contribution < 1.29 is 38.0 Å². The van der Waals surface area contributed by atoms with Gasteiger partial charge in [-0.05, 0) is 77.9 Å². The van der Waals surface area contributed by atoms with E-state index in [-0.39, 0.29) is 36.3 Å². The number of rotatable bonds is 6. The van der Waals surface area contributed by atoms with Gasteiger partial charge in [0, 0.05) is 22.4 Å². The van der Waals surface area contributed by atoms with Crippen LogP contribution in [-0.4, -0.2) is 45.9 Å². The molecule has 202 valence electrons. The number of anilines is 1. The summed E-state index contributed by atoms with van der Waals surface area (Å²) in [4.78, 5) is 26.8. The van der Waals surface area contributed by atoms with Gasteiger partial charge in [0.15, 0.2) is 23.0 Å². The first-order chi connectivity index (χ1) is 19.0. The minimum absolute atomic E-state index is 0.0200. The van der Waals surface area contributed by atoms with E-state index in [9.17, 15) is 9.59 Å². The molecule has 1 aliphatic carbocycles. The monoisotopic (exact) mass is 549 g/mol. The van der Waals surface area contributed by atoms with Crippen LogP contribution >= 0.6 is 11.8 Å². The van der Waals surface area contributed by atoms with Gasteiger partial charge in [-0.1, -0.05) is 0 Å². The fraction of sp³-hybridized carbons (Fsp3) is 0.310. The number of amides is 1. The number of benzene rings is 3. The molecule has 2 heterocycles. The molecule has 3 aromatic carbocycles. The van der Waals surface area contributed by atoms with Crippen molar-refractivity contribution in [3.63, 3.8) is 0 Å². The molecule has 0 unspecified atom stereocenters. The molecule has 3 aliphatic rings. The highest BCUT2D eigenvalue weighted by atomic mass is 32.2. The largest absolute Gasteiger partial charge is 0.493 e. The number of nitrogens with one attached hydrogen (secondary N) is 1. The molecule has 1 amide bonds. The molecule has 39 heavy (non-hydrogen) atoms. The number of carbonyl (C=O) groups excluding carboxylic acids is 2. The van der Waals surface area contributed by atoms with Gasteiger partial charge in [-0.3, -0.25) is 10.1 Å². The van der Waals surface area contributed by atoms with Crippen LogP contribution in [0.1, 0.15) is 22.6 Å². The number of hydrogen-bond acceptors (Lipinski definition) is 9. The zero-order valence-corrected chi connectivity index (χ0v) is 22.5. The molecule has 0 radical (unpaired) electrons. The van der Waals surface area contributed by atoms with Gasteiger partial charge < -0.3 is 28.4 Å². The molecule has 1 fully saturated rings. The van der Waals surface area contributed by atoms with E-state index < -0.39 is 6.09 Å². The third-order valence-electron chi connectivity index (χ3n) is 7.40. The van der Waals surface area contributed by atoms with E-state index in [1.54, 1.807) is 36.0 Å². The minimum Gasteiger partial charge on any atom is -0.493 e. The Morgan fingerprint density at radius 2 is 1.67 bits per heavy atom. The highest BCUT2D eigenvalue weighted by Crippen LogP contribution is 2.52. The Bertz CT molecular complexity index is 1410. The van der Waals surface area contributed by atoms with Gasteiger partial charge in [0.05, 0.1) is 26.7 Å². The molecular formula is C29H27NO8S. The van der Waals surface area contributed by atoms with Gasteiger partial charge in [-0.2, -0.15) is 0 Å². The zero-order valence-electron chi connectivity index (χ0n) is 21.6. The van der Waals surface area contributed by atoms with Gasteiger partial charge in [0.1, 0.15) is 0 Å². The van der Waals surface area contributed by atoms with E-state index in [1.807, 2.05) is 30.5 Å². The van der Waals surface area contributed by atoms with Crippen LogP contribution in [0.2, 0.25) is 0 Å². The van der Waals surface area contributed by atoms with Crippen LogP contribution in [0.5, 0.6) is 28.7 Å². The minimum atomic E-state index is -0.689. The first-order valence-electron chi connectivity index (χ1n) is 12.5. The molecular weight excluding hydrogens is 522 g/mol. The molecule has 0 saturated carbocycles. The zero-order chi connectivity index (χ0) is 27.1. The van der Waals surface area contributed by atoms with Crippen LogP contribution < -0.4 is 29.0 Å². The van der Waals surface area contributed by atoms with E-state index in [1.165, 1.54) is 14.2 Å². The normalized spacial score (nSPS) is 20.5. The highest BCUT2D eigenvalue weighted by molar-refractivity contribution is 7.98. The number of fused-ring (bicyclic) bond motifs is 3. The molecule has 0 aromatic heterocycles. The Labute approximate surface area is 229 Å². The van der Waals surface area contributed by atoms with Crippen LogP contribution in [0.25, 0.3) is 0 Å². The lowest BCUT2D eigenvalue weighted by Crippen LogP contribution is -2.31. The SMILES string of the molecule is COc1cc([C@@H]2c3cc4c(cc3C[C@H]3COC(=O)[C@@H]32)OCO4)cc(OC)c1OC(=O)Nc1ccc(SC)cc1. The van der Waals surface area contributed by atoms with Gasteiger partial charge >= 0.3 is 12.1 Å². The number of hydrogen-bond donors (Lipinski definition) is 1. The second-order valence-corrected chi connectivity index (χ2v) is 10.4. The van der Waals surface area contributed by atoms with E-state index in [4.69, 9.17) is 28.4 Å². The van der Waals surface area contributed by atoms with Crippen molar-refractivity contribution in [3.8, 4) is 28.7 Å². The summed E-state index contributed by atoms with van der Waals surface area (Å²) in [5, 5.41) is 2.73. The van der Waals surface area contributed by atoms with Gasteiger partial charge in [0.2, 0.25) is 12.5 Å². The van der Waals surface area contributed by atoms with Crippen LogP contribution in [0.15, 0.2) is 53.4 Å². The number of ether oxygens (including phenoxy) is 6. The molecule has 0 bridgehead atoms. The fourth-order valence-electron chi connectivity index (χ4n) is 5.60. The van der Waals surface area contributed by atoms with Crippen molar-refractivity contribution in [3.05, 3.63) is 65.2 Å². The van der Waals surface area contributed by atoms with Crippen LogP contribution in [0.4, 0.5) is 10.5 Å². The van der Waals surface area contributed by atoms with Crippen LogP contribution in [0.3, 0.4) is 0 Å². The number of methoxy groups -OCH3 is 2. The van der Waals surface area contributed by atoms with Gasteiger partial charge in [-0.15, -0.1) is 11.8 Å². The first-order valence-corrected chi connectivity index (χ1v) is 13.7. The maximum atomic E-state index is 13.0. The van der Waals surface area contributed by atoms with Crippen molar-refractivity contribution in [1.29, 1.82) is 0 Å². The maximum absolute atomic E-state index is 13.0. The summed E-state index contributed by atoms with van der Waals surface area (Å²) in [6, 6.07) is 14.9. The fourth-order valence-corrected chi connectivity index (χ4v) is 6.00. The van der Waals surface area contributed by atoms with E-state index >= 15 is 0 Å². The smallest absolute Gasteiger partial charge is 0.417 e. The molecule has 1 N–H and O–H groups in total. The Morgan fingerprint density at radius 1 is 0.974 bits per heavy atom. The highest BCUT2D eigenvalue weighted by Gasteiger charge is 2.48. The average Bonchev–Trinajstić information content (AvgIpc) is 3.56. The molecule has 9 nitrogen and oxygen atoms in total. The van der Waals surface area contributed by atoms with E-state index in [0.717, 1.165) is 21.6 Å². The summed E-state index contributed by atoms with van der Waals surface area (Å²) in [6.07, 6.45) is 1.99. The summed E-state index contributed by atoms with van der Waals surface area (Å²) in [6.45, 7) is 0.524.